The summed E-state index contributed by atoms with van der Waals surface area (Å²) in [6.07, 6.45) is 7.59. The lowest BCUT2D eigenvalue weighted by Gasteiger charge is -2.45. The molecule has 0 aliphatic heterocycles. The second-order valence-corrected chi connectivity index (χ2v) is 5.80. The van der Waals surface area contributed by atoms with Crippen molar-refractivity contribution in [3.8, 4) is 0 Å². The number of aliphatic hydroxyl groups is 3. The van der Waals surface area contributed by atoms with Gasteiger partial charge in [0.1, 0.15) is 0 Å². The van der Waals surface area contributed by atoms with E-state index < -0.39 is 0 Å². The van der Waals surface area contributed by atoms with Crippen molar-refractivity contribution in [3.63, 3.8) is 0 Å². The number of nitrogens with zero attached hydrogens (tertiary/aromatic N) is 1. The quantitative estimate of drug-likeness (QED) is 0.700. The zero-order valence-corrected chi connectivity index (χ0v) is 11.2. The molecule has 0 bridgehead atoms. The Balaban J connectivity index is 2.05. The van der Waals surface area contributed by atoms with Gasteiger partial charge in [-0.05, 0) is 25.7 Å². The predicted molar refractivity (Wildman–Crippen MR) is 70.3 cm³/mol. The van der Waals surface area contributed by atoms with E-state index in [2.05, 4.69) is 4.90 Å². The average Bonchev–Trinajstić information content (AvgIpc) is 2.38. The van der Waals surface area contributed by atoms with E-state index in [-0.39, 0.29) is 30.9 Å². The molecule has 0 heterocycles. The van der Waals surface area contributed by atoms with Gasteiger partial charge in [-0.3, -0.25) is 4.90 Å². The number of hydrogen-bond acceptors (Lipinski definition) is 4. The van der Waals surface area contributed by atoms with Crippen LogP contribution in [0.5, 0.6) is 0 Å². The summed E-state index contributed by atoms with van der Waals surface area (Å²) in [5, 5.41) is 29.6. The standard InChI is InChI=1S/C14H27NO3/c16-10-9-15(11-5-1-3-7-13(11)17)12-6-2-4-8-14(12)18/h11-14,16-18H,1-10H2. The molecule has 4 nitrogen and oxygen atoms in total. The number of aliphatic hydroxyl groups excluding tert-OH is 3. The van der Waals surface area contributed by atoms with Crippen molar-refractivity contribution in [2.75, 3.05) is 13.2 Å². The van der Waals surface area contributed by atoms with Gasteiger partial charge in [-0.25, -0.2) is 0 Å². The minimum absolute atomic E-state index is 0.104. The summed E-state index contributed by atoms with van der Waals surface area (Å²) in [7, 11) is 0. The highest BCUT2D eigenvalue weighted by Crippen LogP contribution is 2.30. The Morgan fingerprint density at radius 1 is 0.778 bits per heavy atom. The van der Waals surface area contributed by atoms with Gasteiger partial charge < -0.3 is 15.3 Å². The maximum Gasteiger partial charge on any atom is 0.0695 e. The molecular weight excluding hydrogens is 230 g/mol. The predicted octanol–water partition coefficient (Wildman–Crippen LogP) is 0.888. The Labute approximate surface area is 110 Å². The summed E-state index contributed by atoms with van der Waals surface area (Å²) >= 11 is 0. The molecule has 0 spiro atoms. The fourth-order valence-electron chi connectivity index (χ4n) is 3.65. The summed E-state index contributed by atoms with van der Waals surface area (Å²) in [6, 6.07) is 0.257. The highest BCUT2D eigenvalue weighted by atomic mass is 16.3. The topological polar surface area (TPSA) is 63.9 Å². The van der Waals surface area contributed by atoms with E-state index >= 15 is 0 Å². The Morgan fingerprint density at radius 2 is 1.22 bits per heavy atom. The van der Waals surface area contributed by atoms with Gasteiger partial charge in [-0.1, -0.05) is 25.7 Å². The van der Waals surface area contributed by atoms with Gasteiger partial charge in [0, 0.05) is 18.6 Å². The van der Waals surface area contributed by atoms with E-state index in [4.69, 9.17) is 0 Å². The van der Waals surface area contributed by atoms with Crippen LogP contribution in [0.15, 0.2) is 0 Å². The average molecular weight is 257 g/mol. The molecule has 0 aromatic rings. The largest absolute Gasteiger partial charge is 0.395 e. The third-order valence-electron chi connectivity index (χ3n) is 4.60. The van der Waals surface area contributed by atoms with Gasteiger partial charge in [0.05, 0.1) is 18.8 Å². The molecule has 0 saturated heterocycles. The molecule has 0 radical (unpaired) electrons. The monoisotopic (exact) mass is 257 g/mol. The molecule has 4 atom stereocenters. The third kappa shape index (κ3) is 3.23. The summed E-state index contributed by atoms with van der Waals surface area (Å²) in [4.78, 5) is 2.19. The van der Waals surface area contributed by atoms with Crippen LogP contribution in [0, 0.1) is 0 Å². The van der Waals surface area contributed by atoms with Crippen molar-refractivity contribution in [1.29, 1.82) is 0 Å². The third-order valence-corrected chi connectivity index (χ3v) is 4.60. The Morgan fingerprint density at radius 3 is 1.61 bits per heavy atom. The molecule has 2 aliphatic carbocycles. The first-order valence-corrected chi connectivity index (χ1v) is 7.46. The van der Waals surface area contributed by atoms with Gasteiger partial charge in [0.25, 0.3) is 0 Å². The lowest BCUT2D eigenvalue weighted by molar-refractivity contribution is -0.0559. The molecule has 4 unspecified atom stereocenters. The molecule has 2 saturated carbocycles. The van der Waals surface area contributed by atoms with Crippen molar-refractivity contribution < 1.29 is 15.3 Å². The summed E-state index contributed by atoms with van der Waals surface area (Å²) < 4.78 is 0. The molecule has 106 valence electrons. The first-order valence-electron chi connectivity index (χ1n) is 7.46. The van der Waals surface area contributed by atoms with Crippen molar-refractivity contribution in [3.05, 3.63) is 0 Å². The fourth-order valence-corrected chi connectivity index (χ4v) is 3.65. The fraction of sp³-hybridized carbons (Fsp3) is 1.00. The summed E-state index contributed by atoms with van der Waals surface area (Å²) in [5.74, 6) is 0. The van der Waals surface area contributed by atoms with Crippen LogP contribution < -0.4 is 0 Å². The van der Waals surface area contributed by atoms with E-state index in [0.29, 0.717) is 6.54 Å². The van der Waals surface area contributed by atoms with Crippen LogP contribution in [-0.4, -0.2) is 57.7 Å². The van der Waals surface area contributed by atoms with Crippen molar-refractivity contribution in [2.24, 2.45) is 0 Å². The first-order chi connectivity index (χ1) is 8.74. The highest BCUT2D eigenvalue weighted by molar-refractivity contribution is 4.91. The normalized spacial score (nSPS) is 38.0. The van der Waals surface area contributed by atoms with Gasteiger partial charge in [-0.15, -0.1) is 0 Å². The van der Waals surface area contributed by atoms with E-state index in [1.54, 1.807) is 0 Å². The zero-order valence-electron chi connectivity index (χ0n) is 11.2. The first kappa shape index (κ1) is 14.3. The van der Waals surface area contributed by atoms with E-state index in [9.17, 15) is 15.3 Å². The van der Waals surface area contributed by atoms with Crippen LogP contribution in [0.4, 0.5) is 0 Å². The Kier molecular flexibility index (Phi) is 5.42. The van der Waals surface area contributed by atoms with E-state index in [1.165, 1.54) is 0 Å². The molecular formula is C14H27NO3. The van der Waals surface area contributed by atoms with Gasteiger partial charge in [0.2, 0.25) is 0 Å². The SMILES string of the molecule is OCCN(C1CCCCC1O)C1CCCCC1O. The van der Waals surface area contributed by atoms with E-state index in [1.807, 2.05) is 0 Å². The van der Waals surface area contributed by atoms with Crippen LogP contribution in [0.2, 0.25) is 0 Å². The molecule has 2 rings (SSSR count). The van der Waals surface area contributed by atoms with Crippen LogP contribution >= 0.6 is 0 Å². The van der Waals surface area contributed by atoms with Gasteiger partial charge in [0.15, 0.2) is 0 Å². The van der Waals surface area contributed by atoms with Crippen molar-refractivity contribution in [1.82, 2.24) is 4.90 Å². The molecule has 18 heavy (non-hydrogen) atoms. The second-order valence-electron chi connectivity index (χ2n) is 5.80. The molecule has 0 aromatic carbocycles. The van der Waals surface area contributed by atoms with Crippen molar-refractivity contribution >= 4 is 0 Å². The van der Waals surface area contributed by atoms with Crippen LogP contribution in [-0.2, 0) is 0 Å². The van der Waals surface area contributed by atoms with Crippen molar-refractivity contribution in [2.45, 2.75) is 75.7 Å². The molecule has 2 aliphatic rings. The minimum Gasteiger partial charge on any atom is -0.395 e. The van der Waals surface area contributed by atoms with Crippen LogP contribution in [0.3, 0.4) is 0 Å². The Bertz CT molecular complexity index is 227. The maximum absolute atomic E-state index is 10.2. The number of rotatable bonds is 4. The lowest BCUT2D eigenvalue weighted by atomic mass is 9.86. The highest BCUT2D eigenvalue weighted by Gasteiger charge is 2.36. The lowest BCUT2D eigenvalue weighted by Crippen LogP contribution is -2.55. The summed E-state index contributed by atoms with van der Waals surface area (Å²) in [6.45, 7) is 0.676. The van der Waals surface area contributed by atoms with Crippen LogP contribution in [0.1, 0.15) is 51.4 Å². The van der Waals surface area contributed by atoms with Crippen LogP contribution in [0.25, 0.3) is 0 Å². The molecule has 0 aromatic heterocycles. The van der Waals surface area contributed by atoms with E-state index in [0.717, 1.165) is 51.4 Å². The maximum atomic E-state index is 10.2. The molecule has 3 N–H and O–H groups in total. The Hall–Kier alpha value is -0.160. The second kappa shape index (κ2) is 6.85. The molecule has 0 amide bonds. The van der Waals surface area contributed by atoms with Gasteiger partial charge in [-0.2, -0.15) is 0 Å². The molecule has 2 fully saturated rings. The summed E-state index contributed by atoms with van der Waals surface area (Å²) in [5.41, 5.74) is 0. The smallest absolute Gasteiger partial charge is 0.0695 e. The minimum atomic E-state index is -0.292. The number of hydrogen-bond donors (Lipinski definition) is 3. The molecule has 4 heteroatoms. The zero-order chi connectivity index (χ0) is 13.0. The van der Waals surface area contributed by atoms with Gasteiger partial charge >= 0.3 is 0 Å².